The smallest absolute Gasteiger partial charge is 0.245 e. The molecule has 2 saturated heterocycles. The van der Waals surface area contributed by atoms with Gasteiger partial charge in [-0.3, -0.25) is 9.59 Å². The summed E-state index contributed by atoms with van der Waals surface area (Å²) in [5, 5.41) is 5.68. The van der Waals surface area contributed by atoms with Gasteiger partial charge < -0.3 is 9.80 Å². The molecule has 166 valence electrons. The molecule has 0 saturated carbocycles. The van der Waals surface area contributed by atoms with Crippen LogP contribution in [0.2, 0.25) is 0 Å². The minimum absolute atomic E-state index is 0.0611. The molecule has 8 nitrogen and oxygen atoms in total. The van der Waals surface area contributed by atoms with Gasteiger partial charge in [0.25, 0.3) is 0 Å². The van der Waals surface area contributed by atoms with Crippen LogP contribution in [-0.2, 0) is 9.59 Å². The highest BCUT2D eigenvalue weighted by Crippen LogP contribution is 2.30. The summed E-state index contributed by atoms with van der Waals surface area (Å²) < 4.78 is 1.81. The first-order valence-electron chi connectivity index (χ1n) is 11.4. The fourth-order valence-electron chi connectivity index (χ4n) is 4.90. The molecule has 2 aliphatic heterocycles. The van der Waals surface area contributed by atoms with Gasteiger partial charge in [-0.05, 0) is 57.4 Å². The van der Waals surface area contributed by atoms with E-state index in [-0.39, 0.29) is 17.9 Å². The molecule has 3 aromatic rings. The fraction of sp³-hybridized carbons (Fsp3) is 0.458. The van der Waals surface area contributed by atoms with Gasteiger partial charge in [0.1, 0.15) is 6.04 Å². The highest BCUT2D eigenvalue weighted by molar-refractivity contribution is 5.88. The van der Waals surface area contributed by atoms with Crippen molar-refractivity contribution in [3.63, 3.8) is 0 Å². The molecule has 32 heavy (non-hydrogen) atoms. The van der Waals surface area contributed by atoms with Crippen LogP contribution in [0.15, 0.2) is 36.5 Å². The third-order valence-corrected chi connectivity index (χ3v) is 6.76. The molecule has 0 aromatic carbocycles. The number of piperidine rings is 1. The summed E-state index contributed by atoms with van der Waals surface area (Å²) in [5.74, 6) is 1.20. The average Bonchev–Trinajstić information content (AvgIpc) is 3.41. The monoisotopic (exact) mass is 432 g/mol. The van der Waals surface area contributed by atoms with Gasteiger partial charge in [-0.2, -0.15) is 9.78 Å². The molecule has 0 aliphatic carbocycles. The first-order chi connectivity index (χ1) is 15.5. The largest absolute Gasteiger partial charge is 0.341 e. The number of rotatable bonds is 4. The number of likely N-dealkylation sites (tertiary alicyclic amines) is 2. The van der Waals surface area contributed by atoms with E-state index in [1.807, 2.05) is 41.6 Å². The second kappa shape index (κ2) is 8.33. The third kappa shape index (κ3) is 3.63. The topological polar surface area (TPSA) is 84.2 Å². The number of carbonyl (C=O) groups is 2. The summed E-state index contributed by atoms with van der Waals surface area (Å²) in [6.45, 7) is 5.91. The second-order valence-electron chi connectivity index (χ2n) is 8.76. The highest BCUT2D eigenvalue weighted by atomic mass is 16.2. The zero-order valence-corrected chi connectivity index (χ0v) is 18.6. The van der Waals surface area contributed by atoms with Crippen LogP contribution in [0.4, 0.5) is 0 Å². The van der Waals surface area contributed by atoms with Crippen LogP contribution in [0, 0.1) is 6.92 Å². The molecule has 1 atom stereocenters. The van der Waals surface area contributed by atoms with Crippen LogP contribution >= 0.6 is 0 Å². The van der Waals surface area contributed by atoms with Crippen molar-refractivity contribution in [2.75, 3.05) is 19.6 Å². The first-order valence-corrected chi connectivity index (χ1v) is 11.4. The van der Waals surface area contributed by atoms with Gasteiger partial charge in [0.05, 0.1) is 5.69 Å². The van der Waals surface area contributed by atoms with Gasteiger partial charge in [0.15, 0.2) is 11.5 Å². The molecule has 2 fully saturated rings. The van der Waals surface area contributed by atoms with E-state index in [2.05, 4.69) is 22.2 Å². The lowest BCUT2D eigenvalue weighted by atomic mass is 9.92. The lowest BCUT2D eigenvalue weighted by Gasteiger charge is -2.35. The van der Waals surface area contributed by atoms with Crippen LogP contribution < -0.4 is 0 Å². The number of aryl methyl sites for hydroxylation is 1. The Morgan fingerprint density at radius 1 is 1.12 bits per heavy atom. The Bertz CT molecular complexity index is 1150. The van der Waals surface area contributed by atoms with E-state index in [1.54, 1.807) is 11.1 Å². The number of fused-ring (bicyclic) bond motifs is 1. The molecule has 3 aromatic heterocycles. The standard InChI is InChI=1S/C24H28N6O2/c1-16-19-8-9-20(26-23(19)30(27-16)21-6-3-4-12-25-21)18-10-14-28(15-11-18)24(32)17(2)29-13-5-7-22(29)31/h3-4,6,8-9,12,17-18H,5,7,10-11,13-15H2,1-2H3/t17-/m0/s1. The third-order valence-electron chi connectivity index (χ3n) is 6.76. The minimum atomic E-state index is -0.369. The zero-order chi connectivity index (χ0) is 22.2. The van der Waals surface area contributed by atoms with Gasteiger partial charge in [0, 0.05) is 49.2 Å². The van der Waals surface area contributed by atoms with Gasteiger partial charge in [-0.25, -0.2) is 9.97 Å². The van der Waals surface area contributed by atoms with Gasteiger partial charge >= 0.3 is 0 Å². The van der Waals surface area contributed by atoms with E-state index in [9.17, 15) is 9.59 Å². The van der Waals surface area contributed by atoms with Gasteiger partial charge in [-0.1, -0.05) is 6.07 Å². The molecule has 2 amide bonds. The van der Waals surface area contributed by atoms with Crippen molar-refractivity contribution < 1.29 is 9.59 Å². The summed E-state index contributed by atoms with van der Waals surface area (Å²) >= 11 is 0. The van der Waals surface area contributed by atoms with Crippen molar-refractivity contribution in [3.8, 4) is 5.82 Å². The van der Waals surface area contributed by atoms with Crippen molar-refractivity contribution in [1.82, 2.24) is 29.5 Å². The molecular formula is C24H28N6O2. The number of hydrogen-bond acceptors (Lipinski definition) is 5. The van der Waals surface area contributed by atoms with Crippen molar-refractivity contribution in [1.29, 1.82) is 0 Å². The Morgan fingerprint density at radius 2 is 1.94 bits per heavy atom. The van der Waals surface area contributed by atoms with Crippen LogP contribution in [0.1, 0.15) is 49.9 Å². The zero-order valence-electron chi connectivity index (χ0n) is 18.6. The number of amides is 2. The molecule has 0 spiro atoms. The Hall–Kier alpha value is -3.29. The quantitative estimate of drug-likeness (QED) is 0.633. The summed E-state index contributed by atoms with van der Waals surface area (Å²) in [4.78, 5) is 38.0. The van der Waals surface area contributed by atoms with Crippen molar-refractivity contribution in [3.05, 3.63) is 47.9 Å². The van der Waals surface area contributed by atoms with Crippen molar-refractivity contribution in [2.24, 2.45) is 0 Å². The summed E-state index contributed by atoms with van der Waals surface area (Å²) in [5.41, 5.74) is 2.78. The summed E-state index contributed by atoms with van der Waals surface area (Å²) in [7, 11) is 0. The van der Waals surface area contributed by atoms with Crippen molar-refractivity contribution in [2.45, 2.75) is 51.5 Å². The molecule has 0 unspecified atom stereocenters. The Labute approximate surface area is 187 Å². The van der Waals surface area contributed by atoms with Crippen LogP contribution in [-0.4, -0.2) is 67.0 Å². The summed E-state index contributed by atoms with van der Waals surface area (Å²) in [6.07, 6.45) is 4.89. The Morgan fingerprint density at radius 3 is 2.62 bits per heavy atom. The van der Waals surface area contributed by atoms with E-state index >= 15 is 0 Å². The molecule has 5 rings (SSSR count). The van der Waals surface area contributed by atoms with Crippen LogP contribution in [0.5, 0.6) is 0 Å². The predicted octanol–water partition coefficient (Wildman–Crippen LogP) is 2.84. The van der Waals surface area contributed by atoms with E-state index in [0.717, 1.165) is 47.5 Å². The first kappa shape index (κ1) is 20.6. The minimum Gasteiger partial charge on any atom is -0.341 e. The Kier molecular flexibility index (Phi) is 5.36. The number of nitrogens with zero attached hydrogens (tertiary/aromatic N) is 6. The number of pyridine rings is 2. The molecule has 5 heterocycles. The van der Waals surface area contributed by atoms with E-state index in [0.29, 0.717) is 32.0 Å². The lowest BCUT2D eigenvalue weighted by molar-refractivity contribution is -0.143. The van der Waals surface area contributed by atoms with Gasteiger partial charge in [-0.15, -0.1) is 0 Å². The SMILES string of the molecule is Cc1nn(-c2ccccn2)c2nc(C3CCN(C(=O)[C@H](C)N4CCCC4=O)CC3)ccc12. The number of carbonyl (C=O) groups excluding carboxylic acids is 2. The number of aromatic nitrogens is 4. The predicted molar refractivity (Wildman–Crippen MR) is 120 cm³/mol. The van der Waals surface area contributed by atoms with E-state index < -0.39 is 0 Å². The van der Waals surface area contributed by atoms with Crippen LogP contribution in [0.3, 0.4) is 0 Å². The lowest BCUT2D eigenvalue weighted by Crippen LogP contribution is -2.49. The highest BCUT2D eigenvalue weighted by Gasteiger charge is 2.34. The second-order valence-corrected chi connectivity index (χ2v) is 8.76. The van der Waals surface area contributed by atoms with E-state index in [4.69, 9.17) is 4.98 Å². The number of hydrogen-bond donors (Lipinski definition) is 0. The fourth-order valence-corrected chi connectivity index (χ4v) is 4.90. The molecule has 2 aliphatic rings. The molecule has 0 N–H and O–H groups in total. The summed E-state index contributed by atoms with van der Waals surface area (Å²) in [6, 6.07) is 9.57. The van der Waals surface area contributed by atoms with Crippen LogP contribution in [0.25, 0.3) is 16.9 Å². The van der Waals surface area contributed by atoms with Gasteiger partial charge in [0.2, 0.25) is 11.8 Å². The molecule has 0 bridgehead atoms. The maximum atomic E-state index is 13.0. The molecule has 0 radical (unpaired) electrons. The maximum absolute atomic E-state index is 13.0. The Balaban J connectivity index is 1.32. The average molecular weight is 433 g/mol. The van der Waals surface area contributed by atoms with E-state index in [1.165, 1.54) is 0 Å². The molecule has 8 heteroatoms. The molecular weight excluding hydrogens is 404 g/mol. The van der Waals surface area contributed by atoms with Crippen molar-refractivity contribution >= 4 is 22.8 Å². The maximum Gasteiger partial charge on any atom is 0.245 e. The normalized spacial score (nSPS) is 18.5.